The van der Waals surface area contributed by atoms with Crippen molar-refractivity contribution in [2.24, 2.45) is 5.92 Å². The van der Waals surface area contributed by atoms with Crippen LogP contribution in [-0.4, -0.2) is 124 Å². The van der Waals surface area contributed by atoms with E-state index in [0.717, 1.165) is 51.6 Å². The Hall–Kier alpha value is -6.52. The van der Waals surface area contributed by atoms with Crippen LogP contribution in [0.5, 0.6) is 17.2 Å². The summed E-state index contributed by atoms with van der Waals surface area (Å²) in [6.45, 7) is 8.54. The monoisotopic (exact) mass is 931 g/mol. The molecule has 0 radical (unpaired) electrons. The van der Waals surface area contributed by atoms with Crippen LogP contribution in [0, 0.1) is 5.92 Å². The molecule has 4 saturated heterocycles. The van der Waals surface area contributed by atoms with Gasteiger partial charge in [0.15, 0.2) is 5.78 Å². The number of piperidine rings is 3. The number of urea groups is 1. The van der Waals surface area contributed by atoms with E-state index < -0.39 is 6.03 Å². The summed E-state index contributed by atoms with van der Waals surface area (Å²) >= 11 is 6.65. The molecule has 16 nitrogen and oxygen atoms in total. The molecule has 3 aromatic carbocycles. The lowest BCUT2D eigenvalue weighted by atomic mass is 9.90. The zero-order valence-electron chi connectivity index (χ0n) is 38.3. The van der Waals surface area contributed by atoms with E-state index in [-0.39, 0.29) is 47.5 Å². The smallest absolute Gasteiger partial charge is 0.328 e. The SMILES string of the molecule is CC.COc1ccc(C(=O)N2CCC(N3CCC(CC(=O)N4CCCC(Nc5ncnc6[nH]cc(C(=O)c7ccc(Oc8ccccc8)cc7Cl)c56)C4)CC3)CC2)cc1N1CCC(=O)NC1=O. The number of ether oxygens (including phenoxy) is 2. The molecular formula is C50H58ClN9O7. The fourth-order valence-electron chi connectivity index (χ4n) is 9.62. The first-order chi connectivity index (χ1) is 32.6. The Morgan fingerprint density at radius 3 is 2.34 bits per heavy atom. The molecule has 2 aromatic heterocycles. The van der Waals surface area contributed by atoms with Crippen LogP contribution in [0.4, 0.5) is 16.3 Å². The van der Waals surface area contributed by atoms with Gasteiger partial charge in [-0.05, 0) is 100.0 Å². The molecule has 6 heterocycles. The number of aromatic nitrogens is 3. The van der Waals surface area contributed by atoms with E-state index >= 15 is 0 Å². The average molecular weight is 933 g/mol. The van der Waals surface area contributed by atoms with E-state index in [1.807, 2.05) is 54.0 Å². The first-order valence-corrected chi connectivity index (χ1v) is 23.8. The van der Waals surface area contributed by atoms with E-state index in [0.29, 0.717) is 101 Å². The predicted molar refractivity (Wildman–Crippen MR) is 256 cm³/mol. The molecule has 9 rings (SSSR count). The first-order valence-electron chi connectivity index (χ1n) is 23.4. The summed E-state index contributed by atoms with van der Waals surface area (Å²) in [6.07, 6.45) is 9.08. The molecule has 67 heavy (non-hydrogen) atoms. The molecule has 0 aliphatic carbocycles. The van der Waals surface area contributed by atoms with Crippen LogP contribution in [-0.2, 0) is 9.59 Å². The second-order valence-corrected chi connectivity index (χ2v) is 17.6. The molecule has 5 aromatic rings. The lowest BCUT2D eigenvalue weighted by Gasteiger charge is -2.42. The highest BCUT2D eigenvalue weighted by Gasteiger charge is 2.34. The number of hydrogen-bond donors (Lipinski definition) is 3. The number of halogens is 1. The number of H-pyrrole nitrogens is 1. The number of aromatic amines is 1. The Balaban J connectivity index is 0.00000300. The van der Waals surface area contributed by atoms with Gasteiger partial charge in [-0.3, -0.25) is 29.4 Å². The molecule has 4 aliphatic heterocycles. The zero-order chi connectivity index (χ0) is 47.0. The number of anilines is 2. The Bertz CT molecular complexity index is 2590. The van der Waals surface area contributed by atoms with Crippen molar-refractivity contribution in [3.8, 4) is 17.2 Å². The molecule has 3 N–H and O–H groups in total. The van der Waals surface area contributed by atoms with Crippen LogP contribution in [0.2, 0.25) is 5.02 Å². The number of benzene rings is 3. The summed E-state index contributed by atoms with van der Waals surface area (Å²) in [6, 6.07) is 19.2. The molecule has 1 unspecified atom stereocenters. The quantitative estimate of drug-likeness (QED) is 0.103. The number of rotatable bonds is 12. The third-order valence-corrected chi connectivity index (χ3v) is 13.5. The summed E-state index contributed by atoms with van der Waals surface area (Å²) in [4.78, 5) is 85.6. The third kappa shape index (κ3) is 10.7. The Kier molecular flexibility index (Phi) is 15.0. The van der Waals surface area contributed by atoms with Gasteiger partial charge in [-0.1, -0.05) is 43.6 Å². The molecule has 17 heteroatoms. The number of carbonyl (C=O) groups is 5. The van der Waals surface area contributed by atoms with Gasteiger partial charge in [-0.2, -0.15) is 0 Å². The van der Waals surface area contributed by atoms with E-state index in [9.17, 15) is 24.0 Å². The van der Waals surface area contributed by atoms with Gasteiger partial charge in [0.25, 0.3) is 5.91 Å². The van der Waals surface area contributed by atoms with Crippen molar-refractivity contribution in [2.75, 3.05) is 63.1 Å². The fraction of sp³-hybridized carbons (Fsp3) is 0.420. The number of para-hydroxylation sites is 1. The highest BCUT2D eigenvalue weighted by molar-refractivity contribution is 6.35. The molecule has 5 amide bonds. The zero-order valence-corrected chi connectivity index (χ0v) is 39.0. The van der Waals surface area contributed by atoms with Crippen LogP contribution in [0.3, 0.4) is 0 Å². The summed E-state index contributed by atoms with van der Waals surface area (Å²) in [5.41, 5.74) is 2.17. The van der Waals surface area contributed by atoms with Crippen molar-refractivity contribution in [3.63, 3.8) is 0 Å². The minimum absolute atomic E-state index is 0.0591. The maximum absolute atomic E-state index is 13.9. The summed E-state index contributed by atoms with van der Waals surface area (Å²) < 4.78 is 11.4. The number of nitrogens with zero attached hydrogens (tertiary/aromatic N) is 6. The van der Waals surface area contributed by atoms with E-state index in [1.165, 1.54) is 18.3 Å². The molecule has 0 saturated carbocycles. The fourth-order valence-corrected chi connectivity index (χ4v) is 9.88. The molecule has 4 fully saturated rings. The Labute approximate surface area is 395 Å². The molecule has 352 valence electrons. The number of ketones is 1. The summed E-state index contributed by atoms with van der Waals surface area (Å²) in [5.74, 6) is 1.93. The summed E-state index contributed by atoms with van der Waals surface area (Å²) in [5, 5.41) is 6.72. The number of carbonyl (C=O) groups excluding carboxylic acids is 5. The van der Waals surface area contributed by atoms with Crippen molar-refractivity contribution in [3.05, 3.63) is 101 Å². The third-order valence-electron chi connectivity index (χ3n) is 13.1. The van der Waals surface area contributed by atoms with Gasteiger partial charge in [0.1, 0.15) is 35.0 Å². The number of likely N-dealkylation sites (tertiary alicyclic amines) is 3. The van der Waals surface area contributed by atoms with Crippen LogP contribution >= 0.6 is 11.6 Å². The van der Waals surface area contributed by atoms with Crippen molar-refractivity contribution < 1.29 is 33.4 Å². The lowest BCUT2D eigenvalue weighted by molar-refractivity contribution is -0.133. The number of fused-ring (bicyclic) bond motifs is 1. The van der Waals surface area contributed by atoms with E-state index in [1.54, 1.807) is 42.6 Å². The highest BCUT2D eigenvalue weighted by Crippen LogP contribution is 2.34. The van der Waals surface area contributed by atoms with Gasteiger partial charge < -0.3 is 34.5 Å². The van der Waals surface area contributed by atoms with E-state index in [4.69, 9.17) is 21.1 Å². The maximum Gasteiger partial charge on any atom is 0.328 e. The van der Waals surface area contributed by atoms with Gasteiger partial charge >= 0.3 is 6.03 Å². The van der Waals surface area contributed by atoms with Crippen molar-refractivity contribution in [1.29, 1.82) is 0 Å². The molecule has 4 aliphatic rings. The molecular weight excluding hydrogens is 874 g/mol. The normalized spacial score (nSPS) is 18.5. The van der Waals surface area contributed by atoms with Gasteiger partial charge in [0, 0.05) is 81.0 Å². The summed E-state index contributed by atoms with van der Waals surface area (Å²) in [7, 11) is 1.51. The second kappa shape index (κ2) is 21.4. The van der Waals surface area contributed by atoms with Gasteiger partial charge in [0.05, 0.1) is 28.8 Å². The Morgan fingerprint density at radius 2 is 1.61 bits per heavy atom. The highest BCUT2D eigenvalue weighted by atomic mass is 35.5. The van der Waals surface area contributed by atoms with Crippen LogP contribution in [0.25, 0.3) is 11.0 Å². The maximum atomic E-state index is 13.9. The minimum Gasteiger partial charge on any atom is -0.495 e. The van der Waals surface area contributed by atoms with Gasteiger partial charge in [-0.15, -0.1) is 0 Å². The number of nitrogens with one attached hydrogen (secondary N) is 3. The van der Waals surface area contributed by atoms with Crippen molar-refractivity contribution in [2.45, 2.75) is 77.3 Å². The first kappa shape index (κ1) is 47.0. The number of methoxy groups -OCH3 is 1. The van der Waals surface area contributed by atoms with Crippen molar-refractivity contribution >= 4 is 63.7 Å². The van der Waals surface area contributed by atoms with Crippen LogP contribution in [0.15, 0.2) is 79.3 Å². The van der Waals surface area contributed by atoms with Crippen LogP contribution in [0.1, 0.15) is 91.5 Å². The largest absolute Gasteiger partial charge is 0.495 e. The van der Waals surface area contributed by atoms with Crippen LogP contribution < -0.4 is 25.0 Å². The van der Waals surface area contributed by atoms with E-state index in [2.05, 4.69) is 30.5 Å². The molecule has 0 spiro atoms. The molecule has 1 atom stereocenters. The Morgan fingerprint density at radius 1 is 0.836 bits per heavy atom. The second-order valence-electron chi connectivity index (χ2n) is 17.2. The standard InChI is InChI=1S/C48H52ClN9O7.C2H6/c1-64-40-12-9-31(25-39(40)58-23-17-41(59)54-48(58)63)47(62)56-21-15-33(16-22-56)55-19-13-30(14-20-55)24-42(60)57-18-5-6-32(28-57)53-46-43-37(27-50-45(43)51-29-52-46)44(61)36-11-10-35(26-38(36)49)65-34-7-3-2-4-8-34;1-2/h2-4,7-12,25-27,29-30,32-33H,5-6,13-24,28H2,1H3,(H,54,59,63)(H2,50,51,52,53);1-2H3. The van der Waals surface area contributed by atoms with Gasteiger partial charge in [-0.25, -0.2) is 14.8 Å². The topological polar surface area (TPSA) is 182 Å². The average Bonchev–Trinajstić information content (AvgIpc) is 3.80. The molecule has 0 bridgehead atoms. The predicted octanol–water partition coefficient (Wildman–Crippen LogP) is 7.93. The number of amides is 5. The number of hydrogen-bond acceptors (Lipinski definition) is 11. The van der Waals surface area contributed by atoms with Gasteiger partial charge in [0.2, 0.25) is 11.8 Å². The van der Waals surface area contributed by atoms with Crippen molar-refractivity contribution in [1.82, 2.24) is 35.0 Å². The minimum atomic E-state index is -0.531. The lowest BCUT2D eigenvalue weighted by Crippen LogP contribution is -2.50. The number of imide groups is 1.